The van der Waals surface area contributed by atoms with E-state index in [2.05, 4.69) is 42.3 Å². The van der Waals surface area contributed by atoms with E-state index in [0.29, 0.717) is 55.4 Å². The lowest BCUT2D eigenvalue weighted by molar-refractivity contribution is -0.135. The Morgan fingerprint density at radius 2 is 1.79 bits per heavy atom. The van der Waals surface area contributed by atoms with Crippen molar-refractivity contribution in [3.63, 3.8) is 0 Å². The summed E-state index contributed by atoms with van der Waals surface area (Å²) in [5.41, 5.74) is 3.94. The molecule has 1 aromatic carbocycles. The van der Waals surface area contributed by atoms with E-state index in [0.717, 1.165) is 98.4 Å². The van der Waals surface area contributed by atoms with Crippen LogP contribution in [0, 0.1) is 30.6 Å². The number of aryl methyl sites for hydroxylation is 1. The molecule has 5 aliphatic rings. The van der Waals surface area contributed by atoms with Crippen molar-refractivity contribution >= 4 is 28.5 Å². The van der Waals surface area contributed by atoms with Gasteiger partial charge in [0.25, 0.3) is 12.3 Å². The van der Waals surface area contributed by atoms with Gasteiger partial charge < -0.3 is 14.5 Å². The van der Waals surface area contributed by atoms with Crippen molar-refractivity contribution in [1.82, 2.24) is 49.3 Å². The third-order valence-corrected chi connectivity index (χ3v) is 13.5. The van der Waals surface area contributed by atoms with Crippen LogP contribution in [0.15, 0.2) is 49.1 Å². The van der Waals surface area contributed by atoms with Crippen LogP contribution in [0.1, 0.15) is 81.8 Å². The molecule has 306 valence electrons. The van der Waals surface area contributed by atoms with Crippen molar-refractivity contribution in [2.75, 3.05) is 44.2 Å². The van der Waals surface area contributed by atoms with Crippen LogP contribution >= 0.6 is 0 Å². The minimum absolute atomic E-state index is 0.0507. The Labute approximate surface area is 335 Å². The molecule has 5 atom stereocenters. The molecule has 4 aromatic heterocycles. The molecule has 7 heterocycles. The van der Waals surface area contributed by atoms with Gasteiger partial charge in [-0.3, -0.25) is 29.0 Å². The van der Waals surface area contributed by atoms with E-state index >= 15 is 0 Å². The summed E-state index contributed by atoms with van der Waals surface area (Å²) in [4.78, 5) is 29.2. The summed E-state index contributed by atoms with van der Waals surface area (Å²) in [5, 5.41) is 22.0. The van der Waals surface area contributed by atoms with Gasteiger partial charge in [0.2, 0.25) is 5.91 Å². The standard InChI is InChI=1S/C42H51F2N11O3/c1-25-18-51(15-4-16-58-25)38-13-14-45-55(38)36-24-53(49-40(36)41(43)44)29-9-7-27(8-10-29)19-50-21-31-32(22-50)33(31)23-52-20-28(17-46-52)30-5-3-6-34-39(30)26(2)48-54(34)35-11-12-37(56)47-42(35)57/h3,5-6,13-14,17,20,24-25,27,29,31-33,35,41H,4,7-12,15-16,18-19,21-23H2,1-2H3,(H,47,56,57)/t25-,27?,29?,31-,32?,33?,35?/m1/s1. The van der Waals surface area contributed by atoms with Gasteiger partial charge in [0.1, 0.15) is 17.5 Å². The number of imide groups is 1. The highest BCUT2D eigenvalue weighted by molar-refractivity contribution is 6.01. The number of carbonyl (C=O) groups excluding carboxylic acids is 2. The summed E-state index contributed by atoms with van der Waals surface area (Å²) in [6.07, 6.45) is 10.5. The van der Waals surface area contributed by atoms with Gasteiger partial charge in [0.05, 0.1) is 41.9 Å². The average Bonchev–Trinajstić information content (AvgIpc) is 3.89. The lowest BCUT2D eigenvalue weighted by Gasteiger charge is -2.32. The quantitative estimate of drug-likeness (QED) is 0.176. The van der Waals surface area contributed by atoms with Crippen molar-refractivity contribution in [3.05, 3.63) is 60.4 Å². The van der Waals surface area contributed by atoms with Gasteiger partial charge in [0, 0.05) is 75.5 Å². The van der Waals surface area contributed by atoms with E-state index in [9.17, 15) is 18.4 Å². The number of benzene rings is 1. The smallest absolute Gasteiger partial charge is 0.284 e. The molecule has 3 unspecified atom stereocenters. The Hall–Kier alpha value is -4.96. The monoisotopic (exact) mass is 795 g/mol. The minimum Gasteiger partial charge on any atom is -0.377 e. The van der Waals surface area contributed by atoms with Gasteiger partial charge in [0.15, 0.2) is 5.69 Å². The zero-order chi connectivity index (χ0) is 39.7. The predicted octanol–water partition coefficient (Wildman–Crippen LogP) is 5.73. The second kappa shape index (κ2) is 15.0. The number of hydrogen-bond donors (Lipinski definition) is 1. The number of halogens is 2. The number of ether oxygens (including phenoxy) is 1. The average molecular weight is 796 g/mol. The SMILES string of the molecule is Cc1nn(C2CCC(=O)NC2=O)c2cccc(-c3cnn(CC4C5CN(CC6CCC(n7cc(-n8nccc8N8CCCO[C@H](C)C8)c(C(F)F)n7)CC6)C[C@H]54)c3)c12. The van der Waals surface area contributed by atoms with Crippen LogP contribution in [0.5, 0.6) is 0 Å². The van der Waals surface area contributed by atoms with Crippen molar-refractivity contribution in [1.29, 1.82) is 0 Å². The Balaban J connectivity index is 0.733. The van der Waals surface area contributed by atoms with E-state index in [4.69, 9.17) is 14.9 Å². The Kier molecular flexibility index (Phi) is 9.66. The highest BCUT2D eigenvalue weighted by Gasteiger charge is 2.55. The van der Waals surface area contributed by atoms with Crippen LogP contribution in [-0.2, 0) is 20.9 Å². The third kappa shape index (κ3) is 6.91. The summed E-state index contributed by atoms with van der Waals surface area (Å²) in [5.74, 6) is 2.85. The van der Waals surface area contributed by atoms with E-state index in [-0.39, 0.29) is 29.7 Å². The normalized spacial score (nSPS) is 28.0. The van der Waals surface area contributed by atoms with Gasteiger partial charge >= 0.3 is 0 Å². The third-order valence-electron chi connectivity index (χ3n) is 13.5. The molecule has 58 heavy (non-hydrogen) atoms. The predicted molar refractivity (Wildman–Crippen MR) is 212 cm³/mol. The lowest BCUT2D eigenvalue weighted by Crippen LogP contribution is -2.42. The van der Waals surface area contributed by atoms with Crippen LogP contribution in [-0.4, -0.2) is 101 Å². The Morgan fingerprint density at radius 1 is 0.966 bits per heavy atom. The van der Waals surface area contributed by atoms with E-state index < -0.39 is 12.5 Å². The second-order valence-corrected chi connectivity index (χ2v) is 17.3. The molecule has 3 saturated heterocycles. The molecule has 10 rings (SSSR count). The highest BCUT2D eigenvalue weighted by atomic mass is 19.3. The molecule has 16 heteroatoms. The first-order valence-electron chi connectivity index (χ1n) is 21.0. The molecule has 14 nitrogen and oxygen atoms in total. The number of nitrogens with zero attached hydrogens (tertiary/aromatic N) is 10. The molecule has 5 fully saturated rings. The van der Waals surface area contributed by atoms with Crippen molar-refractivity contribution in [2.24, 2.45) is 23.7 Å². The number of aromatic nitrogens is 8. The van der Waals surface area contributed by atoms with Crippen molar-refractivity contribution in [3.8, 4) is 16.8 Å². The number of piperidine rings is 2. The molecule has 1 N–H and O–H groups in total. The van der Waals surface area contributed by atoms with Crippen LogP contribution in [0.4, 0.5) is 14.6 Å². The molecule has 2 saturated carbocycles. The fourth-order valence-electron chi connectivity index (χ4n) is 10.5. The van der Waals surface area contributed by atoms with E-state index in [1.807, 2.05) is 38.2 Å². The maximum Gasteiger partial charge on any atom is 0.284 e. The number of carbonyl (C=O) groups is 2. The summed E-state index contributed by atoms with van der Waals surface area (Å²) in [7, 11) is 0. The molecule has 3 aliphatic heterocycles. The molecular formula is C42H51F2N11O3. The number of amides is 2. The lowest BCUT2D eigenvalue weighted by atomic mass is 9.85. The number of likely N-dealkylation sites (tertiary alicyclic amines) is 1. The fraction of sp³-hybridized carbons (Fsp3) is 0.571. The first kappa shape index (κ1) is 37.3. The summed E-state index contributed by atoms with van der Waals surface area (Å²) in [6.45, 7) is 10.4. The number of hydrogen-bond acceptors (Lipinski definition) is 9. The Morgan fingerprint density at radius 3 is 2.59 bits per heavy atom. The van der Waals surface area contributed by atoms with Crippen LogP contribution < -0.4 is 10.2 Å². The number of fused-ring (bicyclic) bond motifs is 2. The highest BCUT2D eigenvalue weighted by Crippen LogP contribution is 2.53. The maximum absolute atomic E-state index is 14.4. The summed E-state index contributed by atoms with van der Waals surface area (Å²) >= 11 is 0. The van der Waals surface area contributed by atoms with Crippen LogP contribution in [0.2, 0.25) is 0 Å². The van der Waals surface area contributed by atoms with Gasteiger partial charge in [-0.15, -0.1) is 0 Å². The molecule has 2 amide bonds. The van der Waals surface area contributed by atoms with E-state index in [1.165, 1.54) is 0 Å². The summed E-state index contributed by atoms with van der Waals surface area (Å²) in [6, 6.07) is 7.55. The zero-order valence-corrected chi connectivity index (χ0v) is 33.1. The van der Waals surface area contributed by atoms with E-state index in [1.54, 1.807) is 26.4 Å². The first-order valence-corrected chi connectivity index (χ1v) is 21.0. The molecule has 5 aromatic rings. The molecule has 0 bridgehead atoms. The minimum atomic E-state index is -2.69. The zero-order valence-electron chi connectivity index (χ0n) is 33.1. The number of alkyl halides is 2. The summed E-state index contributed by atoms with van der Waals surface area (Å²) < 4.78 is 41.9. The molecule has 0 spiro atoms. The molecule has 2 aliphatic carbocycles. The first-order chi connectivity index (χ1) is 28.2. The van der Waals surface area contributed by atoms with Crippen LogP contribution in [0.3, 0.4) is 0 Å². The van der Waals surface area contributed by atoms with Crippen molar-refractivity contribution in [2.45, 2.75) is 90.0 Å². The molecular weight excluding hydrogens is 745 g/mol. The topological polar surface area (TPSA) is 133 Å². The van der Waals surface area contributed by atoms with Gasteiger partial charge in [-0.25, -0.2) is 13.5 Å². The molecule has 0 radical (unpaired) electrons. The number of nitrogens with one attached hydrogen (secondary N) is 1. The Bertz CT molecular complexity index is 2310. The van der Waals surface area contributed by atoms with Crippen LogP contribution in [0.25, 0.3) is 27.7 Å². The largest absolute Gasteiger partial charge is 0.377 e. The van der Waals surface area contributed by atoms with Gasteiger partial charge in [-0.2, -0.15) is 20.4 Å². The van der Waals surface area contributed by atoms with Gasteiger partial charge in [-0.05, 0) is 87.7 Å². The van der Waals surface area contributed by atoms with Crippen molar-refractivity contribution < 1.29 is 23.1 Å². The second-order valence-electron chi connectivity index (χ2n) is 17.3. The number of rotatable bonds is 10. The number of anilines is 1. The maximum atomic E-state index is 14.4. The fourth-order valence-corrected chi connectivity index (χ4v) is 10.5. The van der Waals surface area contributed by atoms with Gasteiger partial charge in [-0.1, -0.05) is 12.1 Å².